The molecule has 2 rings (SSSR count). The second-order valence-electron chi connectivity index (χ2n) is 5.16. The highest BCUT2D eigenvalue weighted by atomic mass is 16.4. The van der Waals surface area contributed by atoms with Crippen LogP contribution in [-0.4, -0.2) is 39.0 Å². The number of nitrogens with one attached hydrogen (secondary N) is 2. The van der Waals surface area contributed by atoms with Crippen LogP contribution in [0.15, 0.2) is 24.4 Å². The molecule has 0 unspecified atom stereocenters. The van der Waals surface area contributed by atoms with E-state index in [1.54, 1.807) is 18.3 Å². The molecule has 1 heterocycles. The number of benzene rings is 1. The van der Waals surface area contributed by atoms with Crippen LogP contribution in [0.1, 0.15) is 18.4 Å². The van der Waals surface area contributed by atoms with Gasteiger partial charge in [-0.1, -0.05) is 0 Å². The Bertz CT molecular complexity index is 753. The fraction of sp³-hybridized carbons (Fsp3) is 0.267. The zero-order valence-electron chi connectivity index (χ0n) is 12.2. The third kappa shape index (κ3) is 4.22. The minimum Gasteiger partial charge on any atom is -0.508 e. The number of carboxylic acids is 1. The zero-order chi connectivity index (χ0) is 17.0. The van der Waals surface area contributed by atoms with Crippen LogP contribution in [0.5, 0.6) is 5.75 Å². The van der Waals surface area contributed by atoms with Gasteiger partial charge in [-0.15, -0.1) is 0 Å². The van der Waals surface area contributed by atoms with E-state index >= 15 is 0 Å². The molecule has 0 bridgehead atoms. The number of phenols is 1. The summed E-state index contributed by atoms with van der Waals surface area (Å²) < 4.78 is 0. The summed E-state index contributed by atoms with van der Waals surface area (Å²) in [5, 5.41) is 21.3. The van der Waals surface area contributed by atoms with Crippen LogP contribution in [-0.2, 0) is 20.8 Å². The highest BCUT2D eigenvalue weighted by Gasteiger charge is 2.20. The van der Waals surface area contributed by atoms with E-state index in [-0.39, 0.29) is 25.0 Å². The van der Waals surface area contributed by atoms with Crippen molar-refractivity contribution >= 4 is 28.7 Å². The number of phenolic OH excluding ortho intramolecular Hbond substituents is 1. The molecule has 1 aromatic carbocycles. The molecule has 122 valence electrons. The zero-order valence-corrected chi connectivity index (χ0v) is 12.2. The molecule has 6 N–H and O–H groups in total. The lowest BCUT2D eigenvalue weighted by molar-refractivity contribution is -0.139. The number of carbonyl (C=O) groups is 3. The minimum absolute atomic E-state index is 0.0828. The van der Waals surface area contributed by atoms with Gasteiger partial charge >= 0.3 is 5.97 Å². The van der Waals surface area contributed by atoms with Crippen molar-refractivity contribution in [1.82, 2.24) is 10.3 Å². The lowest BCUT2D eigenvalue weighted by atomic mass is 10.0. The van der Waals surface area contributed by atoms with E-state index < -0.39 is 23.8 Å². The molecular weight excluding hydrogens is 302 g/mol. The summed E-state index contributed by atoms with van der Waals surface area (Å²) in [6.07, 6.45) is 1.26. The molecule has 1 aromatic heterocycles. The Morgan fingerprint density at radius 2 is 2.00 bits per heavy atom. The highest BCUT2D eigenvalue weighted by molar-refractivity contribution is 5.89. The molecule has 0 radical (unpaired) electrons. The third-order valence-corrected chi connectivity index (χ3v) is 3.42. The fourth-order valence-electron chi connectivity index (χ4n) is 2.26. The highest BCUT2D eigenvalue weighted by Crippen LogP contribution is 2.23. The van der Waals surface area contributed by atoms with Gasteiger partial charge in [0.05, 0.1) is 6.42 Å². The number of carboxylic acid groups (broad SMARTS) is 1. The monoisotopic (exact) mass is 319 g/mol. The second kappa shape index (κ2) is 6.82. The first-order valence-electron chi connectivity index (χ1n) is 6.96. The van der Waals surface area contributed by atoms with E-state index in [1.807, 2.05) is 0 Å². The smallest absolute Gasteiger partial charge is 0.303 e. The standard InChI is InChI=1S/C15H17N3O5/c16-15(23)12(18-13(20)3-4-14(21)22)5-8-7-17-11-2-1-9(19)6-10(8)11/h1-2,6-7,12,17,19H,3-5H2,(H2,16,23)(H,18,20)(H,21,22)/t12-/m0/s1. The Kier molecular flexibility index (Phi) is 4.85. The van der Waals surface area contributed by atoms with Gasteiger partial charge in [0, 0.05) is 29.9 Å². The number of nitrogens with two attached hydrogens (primary N) is 1. The quantitative estimate of drug-likeness (QED) is 0.496. The first-order valence-corrected chi connectivity index (χ1v) is 6.96. The molecule has 8 nitrogen and oxygen atoms in total. The van der Waals surface area contributed by atoms with E-state index in [9.17, 15) is 19.5 Å². The molecule has 0 saturated heterocycles. The van der Waals surface area contributed by atoms with Crippen molar-refractivity contribution < 1.29 is 24.6 Å². The predicted octanol–water partition coefficient (Wildman–Crippen LogP) is 0.251. The summed E-state index contributed by atoms with van der Waals surface area (Å²) in [4.78, 5) is 36.7. The number of aromatic amines is 1. The number of hydrogen-bond acceptors (Lipinski definition) is 4. The number of H-pyrrole nitrogens is 1. The molecular formula is C15H17N3O5. The first-order chi connectivity index (χ1) is 10.9. The van der Waals surface area contributed by atoms with Gasteiger partial charge in [0.15, 0.2) is 0 Å². The lowest BCUT2D eigenvalue weighted by Crippen LogP contribution is -2.45. The van der Waals surface area contributed by atoms with Crippen LogP contribution in [0.2, 0.25) is 0 Å². The fourth-order valence-corrected chi connectivity index (χ4v) is 2.26. The molecule has 0 spiro atoms. The molecule has 0 aliphatic carbocycles. The summed E-state index contributed by atoms with van der Waals surface area (Å²) in [6, 6.07) is 3.81. The molecule has 2 aromatic rings. The summed E-state index contributed by atoms with van der Waals surface area (Å²) in [7, 11) is 0. The Morgan fingerprint density at radius 1 is 1.26 bits per heavy atom. The average molecular weight is 319 g/mol. The number of primary amides is 1. The minimum atomic E-state index is -1.09. The maximum absolute atomic E-state index is 11.7. The van der Waals surface area contributed by atoms with Crippen LogP contribution >= 0.6 is 0 Å². The number of aliphatic carboxylic acids is 1. The van der Waals surface area contributed by atoms with Gasteiger partial charge in [0.25, 0.3) is 0 Å². The van der Waals surface area contributed by atoms with Crippen molar-refractivity contribution in [3.8, 4) is 5.75 Å². The number of rotatable bonds is 7. The van der Waals surface area contributed by atoms with Crippen LogP contribution in [0.3, 0.4) is 0 Å². The van der Waals surface area contributed by atoms with Crippen molar-refractivity contribution in [1.29, 1.82) is 0 Å². The van der Waals surface area contributed by atoms with Gasteiger partial charge in [-0.05, 0) is 23.8 Å². The summed E-state index contributed by atoms with van der Waals surface area (Å²) in [5.74, 6) is -2.29. The maximum Gasteiger partial charge on any atom is 0.303 e. The van der Waals surface area contributed by atoms with E-state index in [4.69, 9.17) is 10.8 Å². The number of carbonyl (C=O) groups excluding carboxylic acids is 2. The topological polar surface area (TPSA) is 146 Å². The molecule has 0 aliphatic heterocycles. The number of hydrogen-bond donors (Lipinski definition) is 5. The summed E-state index contributed by atoms with van der Waals surface area (Å²) in [5.41, 5.74) is 6.78. The van der Waals surface area contributed by atoms with Crippen LogP contribution in [0.4, 0.5) is 0 Å². The molecule has 0 aliphatic rings. The summed E-state index contributed by atoms with van der Waals surface area (Å²) >= 11 is 0. The molecule has 8 heteroatoms. The van der Waals surface area contributed by atoms with Gasteiger partial charge in [-0.2, -0.15) is 0 Å². The van der Waals surface area contributed by atoms with Crippen molar-refractivity contribution in [2.75, 3.05) is 0 Å². The normalized spacial score (nSPS) is 12.0. The number of fused-ring (bicyclic) bond motifs is 1. The van der Waals surface area contributed by atoms with Gasteiger partial charge in [0.2, 0.25) is 11.8 Å². The van der Waals surface area contributed by atoms with E-state index in [0.717, 1.165) is 10.9 Å². The molecule has 2 amide bonds. The third-order valence-electron chi connectivity index (χ3n) is 3.42. The molecule has 23 heavy (non-hydrogen) atoms. The number of aromatic nitrogens is 1. The Labute approximate surface area is 131 Å². The Balaban J connectivity index is 2.12. The SMILES string of the molecule is NC(=O)[C@H](Cc1c[nH]c2ccc(O)cc12)NC(=O)CCC(=O)O. The molecule has 1 atom stereocenters. The number of aromatic hydroxyl groups is 1. The average Bonchev–Trinajstić information content (AvgIpc) is 2.86. The van der Waals surface area contributed by atoms with E-state index in [0.29, 0.717) is 5.56 Å². The van der Waals surface area contributed by atoms with Crippen molar-refractivity contribution in [3.05, 3.63) is 30.0 Å². The summed E-state index contributed by atoms with van der Waals surface area (Å²) in [6.45, 7) is 0. The molecule has 0 fully saturated rings. The second-order valence-corrected chi connectivity index (χ2v) is 5.16. The van der Waals surface area contributed by atoms with Crippen LogP contribution in [0.25, 0.3) is 10.9 Å². The van der Waals surface area contributed by atoms with Gasteiger partial charge < -0.3 is 26.2 Å². The van der Waals surface area contributed by atoms with Gasteiger partial charge in [0.1, 0.15) is 11.8 Å². The predicted molar refractivity (Wildman–Crippen MR) is 81.7 cm³/mol. The van der Waals surface area contributed by atoms with Gasteiger partial charge in [-0.25, -0.2) is 0 Å². The maximum atomic E-state index is 11.7. The Hall–Kier alpha value is -3.03. The largest absolute Gasteiger partial charge is 0.508 e. The van der Waals surface area contributed by atoms with Crippen LogP contribution in [0, 0.1) is 0 Å². The first kappa shape index (κ1) is 16.3. The Morgan fingerprint density at radius 3 is 2.65 bits per heavy atom. The lowest BCUT2D eigenvalue weighted by Gasteiger charge is -2.15. The van der Waals surface area contributed by atoms with Crippen LogP contribution < -0.4 is 11.1 Å². The number of amides is 2. The van der Waals surface area contributed by atoms with Crippen molar-refractivity contribution in [2.45, 2.75) is 25.3 Å². The molecule has 0 saturated carbocycles. The van der Waals surface area contributed by atoms with E-state index in [1.165, 1.54) is 6.07 Å². The van der Waals surface area contributed by atoms with Gasteiger partial charge in [-0.3, -0.25) is 14.4 Å². The van der Waals surface area contributed by atoms with Crippen molar-refractivity contribution in [3.63, 3.8) is 0 Å². The van der Waals surface area contributed by atoms with E-state index in [2.05, 4.69) is 10.3 Å². The van der Waals surface area contributed by atoms with Crippen molar-refractivity contribution in [2.24, 2.45) is 5.73 Å².